The highest BCUT2D eigenvalue weighted by molar-refractivity contribution is 6.28. The largest absolute Gasteiger partial charge is 0.226 e. The third kappa shape index (κ3) is 4.61. The van der Waals surface area contributed by atoms with Crippen LogP contribution in [-0.4, -0.2) is 15.0 Å². The Bertz CT molecular complexity index is 877. The Kier molecular flexibility index (Phi) is 5.70. The van der Waals surface area contributed by atoms with Gasteiger partial charge in [-0.2, -0.15) is 9.97 Å². The molecule has 0 spiro atoms. The summed E-state index contributed by atoms with van der Waals surface area (Å²) in [5, 5.41) is 0.213. The van der Waals surface area contributed by atoms with Crippen molar-refractivity contribution in [3.8, 4) is 11.4 Å². The van der Waals surface area contributed by atoms with Gasteiger partial charge in [0.2, 0.25) is 5.28 Å². The van der Waals surface area contributed by atoms with Crippen molar-refractivity contribution in [2.24, 2.45) is 0 Å². The summed E-state index contributed by atoms with van der Waals surface area (Å²) in [6.07, 6.45) is 15.8. The molecule has 0 aliphatic heterocycles. The van der Waals surface area contributed by atoms with Gasteiger partial charge in [-0.25, -0.2) is 4.98 Å². The van der Waals surface area contributed by atoms with Crippen LogP contribution in [0, 0.1) is 0 Å². The number of benzene rings is 1. The molecule has 1 aliphatic carbocycles. The predicted molar refractivity (Wildman–Crippen MR) is 104 cm³/mol. The molecule has 0 radical (unpaired) electrons. The maximum atomic E-state index is 6.14. The quantitative estimate of drug-likeness (QED) is 0.661. The molecule has 3 nitrogen and oxygen atoms in total. The van der Waals surface area contributed by atoms with Gasteiger partial charge < -0.3 is 0 Å². The molecule has 1 heterocycles. The number of rotatable bonds is 5. The summed E-state index contributed by atoms with van der Waals surface area (Å²) in [6.45, 7) is 3.66. The van der Waals surface area contributed by atoms with Crippen LogP contribution in [0.1, 0.15) is 18.7 Å². The minimum atomic E-state index is 0.213. The van der Waals surface area contributed by atoms with Crippen LogP contribution in [0.25, 0.3) is 17.0 Å². The summed E-state index contributed by atoms with van der Waals surface area (Å²) < 4.78 is 0. The van der Waals surface area contributed by atoms with E-state index in [1.807, 2.05) is 48.6 Å². The Morgan fingerprint density at radius 2 is 1.76 bits per heavy atom. The lowest BCUT2D eigenvalue weighted by Crippen LogP contribution is -2.02. The Hall–Kier alpha value is -2.78. The van der Waals surface area contributed by atoms with E-state index in [0.717, 1.165) is 29.6 Å². The predicted octanol–water partition coefficient (Wildman–Crippen LogP) is 5.59. The number of nitrogens with zero attached hydrogens (tertiary/aromatic N) is 3. The van der Waals surface area contributed by atoms with Crippen molar-refractivity contribution in [3.63, 3.8) is 0 Å². The highest BCUT2D eigenvalue weighted by atomic mass is 35.5. The van der Waals surface area contributed by atoms with Crippen LogP contribution in [-0.2, 0) is 0 Å². The van der Waals surface area contributed by atoms with E-state index in [9.17, 15) is 0 Å². The molecule has 124 valence electrons. The topological polar surface area (TPSA) is 38.7 Å². The zero-order valence-corrected chi connectivity index (χ0v) is 14.5. The second-order valence-electron chi connectivity index (χ2n) is 5.51. The maximum absolute atomic E-state index is 6.14. The van der Waals surface area contributed by atoms with E-state index >= 15 is 0 Å². The second kappa shape index (κ2) is 8.36. The molecular weight excluding hydrogens is 330 g/mol. The van der Waals surface area contributed by atoms with Crippen LogP contribution in [0.3, 0.4) is 0 Å². The van der Waals surface area contributed by atoms with Gasteiger partial charge in [0.1, 0.15) is 0 Å². The minimum absolute atomic E-state index is 0.213. The van der Waals surface area contributed by atoms with Gasteiger partial charge in [-0.1, -0.05) is 73.4 Å². The molecule has 25 heavy (non-hydrogen) atoms. The van der Waals surface area contributed by atoms with E-state index in [2.05, 4.69) is 39.8 Å². The molecule has 4 heteroatoms. The molecule has 3 rings (SSSR count). The molecule has 0 N–H and O–H groups in total. The normalized spacial score (nSPS) is 14.6. The zero-order valence-electron chi connectivity index (χ0n) is 13.8. The maximum Gasteiger partial charge on any atom is 0.226 e. The van der Waals surface area contributed by atoms with Crippen LogP contribution in [0.15, 0.2) is 85.0 Å². The molecule has 0 atom stereocenters. The van der Waals surface area contributed by atoms with Crippen LogP contribution < -0.4 is 0 Å². The first kappa shape index (κ1) is 17.1. The van der Waals surface area contributed by atoms with Crippen LogP contribution in [0.5, 0.6) is 0 Å². The number of hydrogen-bond acceptors (Lipinski definition) is 3. The molecule has 0 fully saturated rings. The molecule has 1 aromatic heterocycles. The summed E-state index contributed by atoms with van der Waals surface area (Å²) in [6, 6.07) is 9.79. The standard InChI is InChI=1S/C21H18ClN3/c1-2-3-4-6-10-16-11-9-14-18(15-16)20-23-19(24-21(22)25-20)17-12-7-5-8-13-17/h2-8,10-13,15H,1,9,14H2/b4-3-,10-6+. The summed E-state index contributed by atoms with van der Waals surface area (Å²) >= 11 is 6.14. The summed E-state index contributed by atoms with van der Waals surface area (Å²) in [5.41, 5.74) is 3.12. The van der Waals surface area contributed by atoms with Gasteiger partial charge in [-0.05, 0) is 41.7 Å². The Balaban J connectivity index is 1.91. The van der Waals surface area contributed by atoms with Gasteiger partial charge in [0.25, 0.3) is 0 Å². The number of hydrogen-bond donors (Lipinski definition) is 0. The van der Waals surface area contributed by atoms with E-state index in [1.54, 1.807) is 6.08 Å². The van der Waals surface area contributed by atoms with Crippen molar-refractivity contribution < 1.29 is 0 Å². The fourth-order valence-electron chi connectivity index (χ4n) is 2.54. The van der Waals surface area contributed by atoms with Crippen molar-refractivity contribution in [1.29, 1.82) is 0 Å². The van der Waals surface area contributed by atoms with E-state index < -0.39 is 0 Å². The van der Waals surface area contributed by atoms with Gasteiger partial charge in [0.05, 0.1) is 0 Å². The van der Waals surface area contributed by atoms with Crippen molar-refractivity contribution in [3.05, 3.63) is 96.1 Å². The van der Waals surface area contributed by atoms with Crippen molar-refractivity contribution in [1.82, 2.24) is 15.0 Å². The fraction of sp³-hybridized carbons (Fsp3) is 0.0952. The van der Waals surface area contributed by atoms with Crippen molar-refractivity contribution >= 4 is 17.2 Å². The van der Waals surface area contributed by atoms with E-state index in [1.165, 1.54) is 0 Å². The number of allylic oxidation sites excluding steroid dienone is 9. The monoisotopic (exact) mass is 347 g/mol. The number of halogens is 1. The van der Waals surface area contributed by atoms with Crippen molar-refractivity contribution in [2.75, 3.05) is 0 Å². The molecule has 0 bridgehead atoms. The summed E-state index contributed by atoms with van der Waals surface area (Å²) in [4.78, 5) is 13.2. The average molecular weight is 348 g/mol. The molecule has 0 amide bonds. The first-order valence-electron chi connectivity index (χ1n) is 8.10. The smallest absolute Gasteiger partial charge is 0.208 e. The lowest BCUT2D eigenvalue weighted by molar-refractivity contribution is 0.968. The molecule has 2 aromatic rings. The van der Waals surface area contributed by atoms with Gasteiger partial charge in [-0.15, -0.1) is 0 Å². The average Bonchev–Trinajstić information content (AvgIpc) is 2.66. The van der Waals surface area contributed by atoms with E-state index in [4.69, 9.17) is 11.6 Å². The molecule has 1 aliphatic rings. The highest BCUT2D eigenvalue weighted by Crippen LogP contribution is 2.27. The summed E-state index contributed by atoms with van der Waals surface area (Å²) in [5.74, 6) is 1.23. The Morgan fingerprint density at radius 1 is 0.960 bits per heavy atom. The molecule has 0 saturated carbocycles. The summed E-state index contributed by atoms with van der Waals surface area (Å²) in [7, 11) is 0. The Labute approximate surface area is 152 Å². The van der Waals surface area contributed by atoms with Gasteiger partial charge >= 0.3 is 0 Å². The van der Waals surface area contributed by atoms with Crippen molar-refractivity contribution in [2.45, 2.75) is 12.8 Å². The molecule has 0 unspecified atom stereocenters. The molecular formula is C21H18ClN3. The van der Waals surface area contributed by atoms with E-state index in [0.29, 0.717) is 11.6 Å². The third-order valence-corrected chi connectivity index (χ3v) is 3.88. The number of aromatic nitrogens is 3. The SMILES string of the molecule is C=C/C=C\C=C\C1=CCCC(c2nc(Cl)nc(-c3ccccc3)n2)=C1. The lowest BCUT2D eigenvalue weighted by Gasteiger charge is -2.12. The van der Waals surface area contributed by atoms with Crippen LogP contribution >= 0.6 is 11.6 Å². The Morgan fingerprint density at radius 3 is 2.56 bits per heavy atom. The van der Waals surface area contributed by atoms with Crippen LogP contribution in [0.2, 0.25) is 5.28 Å². The second-order valence-corrected chi connectivity index (χ2v) is 5.85. The molecule has 1 aromatic carbocycles. The lowest BCUT2D eigenvalue weighted by atomic mass is 9.98. The molecule has 0 saturated heterocycles. The first-order valence-corrected chi connectivity index (χ1v) is 8.48. The minimum Gasteiger partial charge on any atom is -0.208 e. The van der Waals surface area contributed by atoms with Crippen LogP contribution in [0.4, 0.5) is 0 Å². The first-order chi connectivity index (χ1) is 12.3. The van der Waals surface area contributed by atoms with Gasteiger partial charge in [0.15, 0.2) is 11.6 Å². The highest BCUT2D eigenvalue weighted by Gasteiger charge is 2.13. The third-order valence-electron chi connectivity index (χ3n) is 3.71. The van der Waals surface area contributed by atoms with Gasteiger partial charge in [-0.3, -0.25) is 0 Å². The fourth-order valence-corrected chi connectivity index (χ4v) is 2.70. The van der Waals surface area contributed by atoms with Gasteiger partial charge in [0, 0.05) is 5.56 Å². The van der Waals surface area contributed by atoms with E-state index in [-0.39, 0.29) is 5.28 Å². The zero-order chi connectivity index (χ0) is 17.5.